The van der Waals surface area contributed by atoms with Crippen LogP contribution in [0.3, 0.4) is 0 Å². The number of nitrogens with one attached hydrogen (secondary N) is 1. The Balaban J connectivity index is 2.70. The van der Waals surface area contributed by atoms with Crippen LogP contribution in [0, 0.1) is 16.0 Å². The van der Waals surface area contributed by atoms with E-state index >= 15 is 0 Å². The normalized spacial score (nSPS) is 12.1. The highest BCUT2D eigenvalue weighted by Gasteiger charge is 2.16. The van der Waals surface area contributed by atoms with Gasteiger partial charge in [-0.2, -0.15) is 0 Å². The highest BCUT2D eigenvalue weighted by Crippen LogP contribution is 2.24. The second-order valence-electron chi connectivity index (χ2n) is 4.66. The van der Waals surface area contributed by atoms with Gasteiger partial charge in [-0.15, -0.1) is 0 Å². The van der Waals surface area contributed by atoms with Crippen LogP contribution in [0.4, 0.5) is 17.3 Å². The van der Waals surface area contributed by atoms with Crippen LogP contribution in [0.2, 0.25) is 0 Å². The van der Waals surface area contributed by atoms with Crippen LogP contribution >= 0.6 is 0 Å². The fraction of sp³-hybridized carbons (Fsp3) is 0.615. The van der Waals surface area contributed by atoms with E-state index in [1.807, 2.05) is 0 Å². The third kappa shape index (κ3) is 4.73. The van der Waals surface area contributed by atoms with Gasteiger partial charge in [0.25, 0.3) is 0 Å². The Morgan fingerprint density at radius 3 is 2.79 bits per heavy atom. The summed E-state index contributed by atoms with van der Waals surface area (Å²) in [5.41, 5.74) is 5.54. The molecule has 6 nitrogen and oxygen atoms in total. The molecule has 0 bridgehead atoms. The summed E-state index contributed by atoms with van der Waals surface area (Å²) in [4.78, 5) is 14.5. The average Bonchev–Trinajstić information content (AvgIpc) is 2.38. The lowest BCUT2D eigenvalue weighted by atomic mass is 9.99. The Bertz CT molecular complexity index is 423. The van der Waals surface area contributed by atoms with E-state index in [2.05, 4.69) is 24.1 Å². The van der Waals surface area contributed by atoms with E-state index in [1.165, 1.54) is 18.6 Å². The first-order chi connectivity index (χ1) is 9.08. The van der Waals surface area contributed by atoms with Gasteiger partial charge in [0.05, 0.1) is 4.92 Å². The van der Waals surface area contributed by atoms with Crippen molar-refractivity contribution in [2.75, 3.05) is 17.6 Å². The third-order valence-corrected chi connectivity index (χ3v) is 3.19. The van der Waals surface area contributed by atoms with Gasteiger partial charge in [-0.1, -0.05) is 33.1 Å². The molecule has 106 valence electrons. The quantitative estimate of drug-likeness (QED) is 0.556. The smallest absolute Gasteiger partial charge is 0.311 e. The highest BCUT2D eigenvalue weighted by atomic mass is 16.6. The number of hydrogen-bond donors (Lipinski definition) is 2. The van der Waals surface area contributed by atoms with Gasteiger partial charge in [-0.3, -0.25) is 10.1 Å². The number of unbranched alkanes of at least 4 members (excludes halogenated alkanes) is 1. The lowest BCUT2D eigenvalue weighted by Crippen LogP contribution is -2.15. The number of nitrogens with two attached hydrogens (primary N) is 1. The molecular formula is C13H22N4O2. The number of pyridine rings is 1. The van der Waals surface area contributed by atoms with Gasteiger partial charge >= 0.3 is 5.69 Å². The fourth-order valence-corrected chi connectivity index (χ4v) is 1.93. The van der Waals surface area contributed by atoms with Crippen LogP contribution in [0.25, 0.3) is 0 Å². The van der Waals surface area contributed by atoms with Crippen molar-refractivity contribution in [1.82, 2.24) is 4.98 Å². The number of anilines is 2. The summed E-state index contributed by atoms with van der Waals surface area (Å²) in [5, 5.41) is 14.0. The first-order valence-electron chi connectivity index (χ1n) is 6.73. The van der Waals surface area contributed by atoms with Crippen molar-refractivity contribution in [2.45, 2.75) is 39.5 Å². The summed E-state index contributed by atoms with van der Waals surface area (Å²) in [7, 11) is 0. The lowest BCUT2D eigenvalue weighted by Gasteiger charge is -2.15. The third-order valence-electron chi connectivity index (χ3n) is 3.19. The minimum Gasteiger partial charge on any atom is -0.384 e. The predicted octanol–water partition coefficient (Wildman–Crippen LogP) is 3.20. The zero-order valence-electron chi connectivity index (χ0n) is 11.6. The number of nitro groups is 1. The molecular weight excluding hydrogens is 244 g/mol. The van der Waals surface area contributed by atoms with Crippen molar-refractivity contribution in [2.24, 2.45) is 5.92 Å². The molecule has 1 unspecified atom stereocenters. The van der Waals surface area contributed by atoms with E-state index in [0.29, 0.717) is 12.5 Å². The summed E-state index contributed by atoms with van der Waals surface area (Å²) < 4.78 is 0. The lowest BCUT2D eigenvalue weighted by molar-refractivity contribution is -0.384. The van der Waals surface area contributed by atoms with Gasteiger partial charge in [0.15, 0.2) is 0 Å². The number of rotatable bonds is 8. The number of nitrogens with zero attached hydrogens (tertiary/aromatic N) is 2. The number of aromatic nitrogens is 1. The summed E-state index contributed by atoms with van der Waals surface area (Å²) in [6.45, 7) is 4.97. The molecule has 1 heterocycles. The van der Waals surface area contributed by atoms with Crippen molar-refractivity contribution in [3.63, 3.8) is 0 Å². The van der Waals surface area contributed by atoms with E-state index in [0.717, 1.165) is 19.3 Å². The van der Waals surface area contributed by atoms with Gasteiger partial charge in [0.2, 0.25) is 5.82 Å². The molecule has 0 aliphatic heterocycles. The molecule has 0 radical (unpaired) electrons. The molecule has 6 heteroatoms. The Labute approximate surface area is 113 Å². The van der Waals surface area contributed by atoms with Crippen molar-refractivity contribution >= 4 is 17.3 Å². The highest BCUT2D eigenvalue weighted by molar-refractivity contribution is 5.59. The number of hydrogen-bond acceptors (Lipinski definition) is 5. The van der Waals surface area contributed by atoms with Gasteiger partial charge in [-0.25, -0.2) is 4.98 Å². The van der Waals surface area contributed by atoms with Crippen LogP contribution in [-0.4, -0.2) is 16.5 Å². The Morgan fingerprint density at radius 2 is 2.21 bits per heavy atom. The van der Waals surface area contributed by atoms with Gasteiger partial charge < -0.3 is 11.1 Å². The zero-order valence-corrected chi connectivity index (χ0v) is 11.6. The van der Waals surface area contributed by atoms with Crippen molar-refractivity contribution < 1.29 is 4.92 Å². The SMILES string of the molecule is CCCCC(CC)CNc1nc(N)ccc1[N+](=O)[O-]. The maximum atomic E-state index is 10.9. The molecule has 0 aliphatic carbocycles. The molecule has 0 spiro atoms. The van der Waals surface area contributed by atoms with E-state index in [4.69, 9.17) is 5.73 Å². The number of nitrogen functional groups attached to an aromatic ring is 1. The maximum absolute atomic E-state index is 10.9. The maximum Gasteiger partial charge on any atom is 0.311 e. The first kappa shape index (κ1) is 15.2. The van der Waals surface area contributed by atoms with Crippen LogP contribution in [0.15, 0.2) is 12.1 Å². The van der Waals surface area contributed by atoms with Crippen LogP contribution < -0.4 is 11.1 Å². The Morgan fingerprint density at radius 1 is 1.47 bits per heavy atom. The minimum absolute atomic E-state index is 0.0282. The molecule has 0 aliphatic rings. The van der Waals surface area contributed by atoms with Gasteiger partial charge in [0.1, 0.15) is 5.82 Å². The molecule has 0 aromatic carbocycles. The van der Waals surface area contributed by atoms with Crippen LogP contribution in [-0.2, 0) is 0 Å². The second kappa shape index (κ2) is 7.56. The summed E-state index contributed by atoms with van der Waals surface area (Å²) in [6.07, 6.45) is 4.50. The van der Waals surface area contributed by atoms with E-state index < -0.39 is 4.92 Å². The van der Waals surface area contributed by atoms with Crippen molar-refractivity contribution in [3.05, 3.63) is 22.2 Å². The standard InChI is InChI=1S/C13H22N4O2/c1-3-5-6-10(4-2)9-15-13-11(17(18)19)7-8-12(14)16-13/h7-8,10H,3-6,9H2,1-2H3,(H3,14,15,16). The predicted molar refractivity (Wildman–Crippen MR) is 77.1 cm³/mol. The van der Waals surface area contributed by atoms with Gasteiger partial charge in [-0.05, 0) is 18.4 Å². The van der Waals surface area contributed by atoms with Crippen LogP contribution in [0.1, 0.15) is 39.5 Å². The molecule has 3 N–H and O–H groups in total. The Kier molecular flexibility index (Phi) is 6.05. The fourth-order valence-electron chi connectivity index (χ4n) is 1.93. The second-order valence-corrected chi connectivity index (χ2v) is 4.66. The molecule has 0 saturated heterocycles. The molecule has 0 fully saturated rings. The Hall–Kier alpha value is -1.85. The summed E-state index contributed by atoms with van der Waals surface area (Å²) >= 11 is 0. The monoisotopic (exact) mass is 266 g/mol. The van der Waals surface area contributed by atoms with E-state index in [1.54, 1.807) is 0 Å². The molecule has 1 atom stereocenters. The molecule has 1 rings (SSSR count). The molecule has 0 saturated carbocycles. The van der Waals surface area contributed by atoms with Crippen molar-refractivity contribution in [1.29, 1.82) is 0 Å². The summed E-state index contributed by atoms with van der Waals surface area (Å²) in [6, 6.07) is 2.83. The topological polar surface area (TPSA) is 94.1 Å². The molecule has 1 aromatic rings. The van der Waals surface area contributed by atoms with E-state index in [9.17, 15) is 10.1 Å². The molecule has 19 heavy (non-hydrogen) atoms. The molecule has 1 aromatic heterocycles. The summed E-state index contributed by atoms with van der Waals surface area (Å²) in [5.74, 6) is 1.05. The van der Waals surface area contributed by atoms with Gasteiger partial charge in [0, 0.05) is 12.6 Å². The zero-order chi connectivity index (χ0) is 14.3. The minimum atomic E-state index is -0.443. The average molecular weight is 266 g/mol. The largest absolute Gasteiger partial charge is 0.384 e. The molecule has 0 amide bonds. The van der Waals surface area contributed by atoms with Crippen LogP contribution in [0.5, 0.6) is 0 Å². The van der Waals surface area contributed by atoms with E-state index in [-0.39, 0.29) is 17.3 Å². The van der Waals surface area contributed by atoms with Crippen molar-refractivity contribution in [3.8, 4) is 0 Å². The first-order valence-corrected chi connectivity index (χ1v) is 6.73.